The summed E-state index contributed by atoms with van der Waals surface area (Å²) in [5, 5.41) is 0. The van der Waals surface area contributed by atoms with Gasteiger partial charge in [0.15, 0.2) is 0 Å². The molecule has 0 spiro atoms. The fourth-order valence-electron chi connectivity index (χ4n) is 1.20. The van der Waals surface area contributed by atoms with Crippen LogP contribution in [0.5, 0.6) is 0 Å². The molecule has 0 fully saturated rings. The lowest BCUT2D eigenvalue weighted by molar-refractivity contribution is 0.189. The molecule has 0 saturated carbocycles. The van der Waals surface area contributed by atoms with Gasteiger partial charge < -0.3 is 4.74 Å². The normalized spacial score (nSPS) is 13.4. The zero-order chi connectivity index (χ0) is 8.53. The molecule has 1 atom stereocenters. The van der Waals surface area contributed by atoms with E-state index in [1.54, 1.807) is 0 Å². The van der Waals surface area contributed by atoms with E-state index in [-0.39, 0.29) is 0 Å². The van der Waals surface area contributed by atoms with Crippen LogP contribution >= 0.6 is 0 Å². The predicted octanol–water partition coefficient (Wildman–Crippen LogP) is 3.40. The van der Waals surface area contributed by atoms with Gasteiger partial charge in [-0.05, 0) is 12.3 Å². The number of hydrogen-bond acceptors (Lipinski definition) is 1. The van der Waals surface area contributed by atoms with Crippen molar-refractivity contribution < 1.29 is 4.74 Å². The molecule has 0 aromatic heterocycles. The summed E-state index contributed by atoms with van der Waals surface area (Å²) in [7, 11) is 3.37. The molecule has 11 heavy (non-hydrogen) atoms. The topological polar surface area (TPSA) is 9.23 Å². The largest absolute Gasteiger partial charge is 0.379 e. The molecule has 0 rings (SSSR count). The fourth-order valence-corrected chi connectivity index (χ4v) is 1.20. The van der Waals surface area contributed by atoms with Crippen molar-refractivity contribution in [1.82, 2.24) is 0 Å². The van der Waals surface area contributed by atoms with Crippen molar-refractivity contribution >= 4 is 0 Å². The first kappa shape index (κ1) is 11.0. The Morgan fingerprint density at radius 3 is 2.55 bits per heavy atom. The molecule has 67 valence electrons. The molecule has 0 amide bonds. The lowest BCUT2D eigenvalue weighted by atomic mass is 10.0. The highest BCUT2D eigenvalue weighted by molar-refractivity contribution is 4.51. The Bertz CT molecular complexity index is 71.3. The molecule has 1 unspecified atom stereocenters. The third-order valence-electron chi connectivity index (χ3n) is 1.95. The van der Waals surface area contributed by atoms with Crippen molar-refractivity contribution in [2.24, 2.45) is 5.92 Å². The standard InChI is InChI=1S/C10H21O/c1-4-5-6-7-8-10(2)9-11-3/h10H,3-9H2,1-2H3. The second-order valence-electron chi connectivity index (χ2n) is 3.33. The van der Waals surface area contributed by atoms with Gasteiger partial charge in [0.1, 0.15) is 0 Å². The maximum absolute atomic E-state index is 4.81. The summed E-state index contributed by atoms with van der Waals surface area (Å²) in [5.74, 6) is 0.685. The molecule has 1 nitrogen and oxygen atoms in total. The molecule has 0 aliphatic heterocycles. The Labute approximate surface area is 71.1 Å². The van der Waals surface area contributed by atoms with Crippen LogP contribution in [0, 0.1) is 13.0 Å². The van der Waals surface area contributed by atoms with Crippen LogP contribution in [0.2, 0.25) is 0 Å². The summed E-state index contributed by atoms with van der Waals surface area (Å²) < 4.78 is 4.81. The van der Waals surface area contributed by atoms with Crippen molar-refractivity contribution in [1.29, 1.82) is 0 Å². The third kappa shape index (κ3) is 7.86. The van der Waals surface area contributed by atoms with Gasteiger partial charge in [0.25, 0.3) is 0 Å². The minimum Gasteiger partial charge on any atom is -0.379 e. The minimum absolute atomic E-state index is 0.685. The first-order valence-corrected chi connectivity index (χ1v) is 4.68. The van der Waals surface area contributed by atoms with Gasteiger partial charge in [0, 0.05) is 6.61 Å². The summed E-state index contributed by atoms with van der Waals surface area (Å²) in [6, 6.07) is 0. The molecule has 0 aromatic rings. The van der Waals surface area contributed by atoms with Crippen molar-refractivity contribution in [3.8, 4) is 0 Å². The van der Waals surface area contributed by atoms with E-state index in [2.05, 4.69) is 21.0 Å². The van der Waals surface area contributed by atoms with E-state index in [0.717, 1.165) is 6.61 Å². The maximum atomic E-state index is 4.81. The molecule has 0 aliphatic rings. The fraction of sp³-hybridized carbons (Fsp3) is 0.900. The Balaban J connectivity index is 2.97. The van der Waals surface area contributed by atoms with E-state index < -0.39 is 0 Å². The van der Waals surface area contributed by atoms with E-state index in [0.29, 0.717) is 5.92 Å². The summed E-state index contributed by atoms with van der Waals surface area (Å²) >= 11 is 0. The van der Waals surface area contributed by atoms with Gasteiger partial charge in [-0.1, -0.05) is 39.5 Å². The second-order valence-corrected chi connectivity index (χ2v) is 3.33. The van der Waals surface area contributed by atoms with E-state index in [9.17, 15) is 0 Å². The van der Waals surface area contributed by atoms with Crippen LogP contribution in [0.1, 0.15) is 46.0 Å². The van der Waals surface area contributed by atoms with Gasteiger partial charge in [0.05, 0.1) is 7.11 Å². The van der Waals surface area contributed by atoms with Crippen LogP contribution in [0.25, 0.3) is 0 Å². The summed E-state index contributed by atoms with van der Waals surface area (Å²) in [5.41, 5.74) is 0. The Morgan fingerprint density at radius 2 is 2.00 bits per heavy atom. The zero-order valence-electron chi connectivity index (χ0n) is 7.94. The van der Waals surface area contributed by atoms with Crippen LogP contribution in [-0.2, 0) is 4.74 Å². The lowest BCUT2D eigenvalue weighted by Crippen LogP contribution is -2.01. The quantitative estimate of drug-likeness (QED) is 0.515. The summed E-state index contributed by atoms with van der Waals surface area (Å²) in [4.78, 5) is 0. The van der Waals surface area contributed by atoms with Gasteiger partial charge >= 0.3 is 0 Å². The predicted molar refractivity (Wildman–Crippen MR) is 49.2 cm³/mol. The molecule has 0 N–H and O–H groups in total. The smallest absolute Gasteiger partial charge is 0.0700 e. The van der Waals surface area contributed by atoms with E-state index in [1.807, 2.05) is 0 Å². The molecule has 1 radical (unpaired) electrons. The Kier molecular flexibility index (Phi) is 8.03. The van der Waals surface area contributed by atoms with Crippen LogP contribution in [0.4, 0.5) is 0 Å². The summed E-state index contributed by atoms with van der Waals surface area (Å²) in [6.45, 7) is 5.27. The Hall–Kier alpha value is -0.0400. The molecule has 0 saturated heterocycles. The zero-order valence-corrected chi connectivity index (χ0v) is 7.94. The van der Waals surface area contributed by atoms with Crippen LogP contribution in [0.15, 0.2) is 0 Å². The molecule has 0 heterocycles. The highest BCUT2D eigenvalue weighted by Gasteiger charge is 1.99. The highest BCUT2D eigenvalue weighted by Crippen LogP contribution is 2.10. The van der Waals surface area contributed by atoms with Gasteiger partial charge in [-0.2, -0.15) is 0 Å². The van der Waals surface area contributed by atoms with Crippen molar-refractivity contribution in [2.75, 3.05) is 6.61 Å². The average molecular weight is 157 g/mol. The molecular weight excluding hydrogens is 136 g/mol. The number of rotatable bonds is 7. The van der Waals surface area contributed by atoms with Crippen LogP contribution in [-0.4, -0.2) is 6.61 Å². The van der Waals surface area contributed by atoms with Crippen molar-refractivity contribution in [3.63, 3.8) is 0 Å². The van der Waals surface area contributed by atoms with Gasteiger partial charge in [0.2, 0.25) is 0 Å². The van der Waals surface area contributed by atoms with E-state index >= 15 is 0 Å². The number of unbranched alkanes of at least 4 members (excludes halogenated alkanes) is 3. The monoisotopic (exact) mass is 157 g/mol. The van der Waals surface area contributed by atoms with Gasteiger partial charge in [-0.3, -0.25) is 0 Å². The van der Waals surface area contributed by atoms with E-state index in [4.69, 9.17) is 4.74 Å². The second kappa shape index (κ2) is 8.06. The average Bonchev–Trinajstić information content (AvgIpc) is 1.99. The lowest BCUT2D eigenvalue weighted by Gasteiger charge is -2.08. The number of hydrogen-bond donors (Lipinski definition) is 0. The first-order valence-electron chi connectivity index (χ1n) is 4.68. The van der Waals surface area contributed by atoms with Crippen LogP contribution in [0.3, 0.4) is 0 Å². The first-order chi connectivity index (χ1) is 5.31. The molecule has 0 aromatic carbocycles. The highest BCUT2D eigenvalue weighted by atomic mass is 16.5. The Morgan fingerprint density at radius 1 is 1.27 bits per heavy atom. The molecular formula is C10H21O. The van der Waals surface area contributed by atoms with Crippen molar-refractivity contribution in [2.45, 2.75) is 46.0 Å². The summed E-state index contributed by atoms with van der Waals surface area (Å²) in [6.07, 6.45) is 6.70. The SMILES string of the molecule is [CH2]OCC(C)CCCCCC. The van der Waals surface area contributed by atoms with Gasteiger partial charge in [-0.25, -0.2) is 0 Å². The van der Waals surface area contributed by atoms with E-state index in [1.165, 1.54) is 32.1 Å². The van der Waals surface area contributed by atoms with Crippen LogP contribution < -0.4 is 0 Å². The molecule has 0 bridgehead atoms. The minimum atomic E-state index is 0.685. The van der Waals surface area contributed by atoms with Gasteiger partial charge in [-0.15, -0.1) is 0 Å². The maximum Gasteiger partial charge on any atom is 0.0700 e. The van der Waals surface area contributed by atoms with Crippen molar-refractivity contribution in [3.05, 3.63) is 7.11 Å². The third-order valence-corrected chi connectivity index (χ3v) is 1.95. The number of ether oxygens (including phenoxy) is 1. The molecule has 0 aliphatic carbocycles. The molecule has 1 heteroatoms.